The molecule has 0 aromatic carbocycles. The molecule has 10 N–H and O–H groups in total. The maximum Gasteiger partial charge on any atom is 0.178 e. The number of hydrogen-bond acceptors (Lipinski definition) is 14. The summed E-state index contributed by atoms with van der Waals surface area (Å²) in [5.74, 6) is -0.491. The lowest BCUT2D eigenvalue weighted by atomic mass is 9.44. The van der Waals surface area contributed by atoms with E-state index >= 15 is 8.78 Å². The summed E-state index contributed by atoms with van der Waals surface area (Å²) in [7, 11) is 0. The van der Waals surface area contributed by atoms with Crippen molar-refractivity contribution in [2.75, 3.05) is 62.3 Å². The number of thioether (sulfide) groups is 2. The molecule has 0 unspecified atom stereocenters. The van der Waals surface area contributed by atoms with Crippen LogP contribution in [0.25, 0.3) is 0 Å². The number of carbonyl (C=O) groups excluding carboxylic acids is 4. The van der Waals surface area contributed by atoms with E-state index in [4.69, 9.17) is 11.5 Å². The van der Waals surface area contributed by atoms with Crippen molar-refractivity contribution in [2.45, 2.75) is 179 Å². The highest BCUT2D eigenvalue weighted by Crippen LogP contribution is 2.72. The van der Waals surface area contributed by atoms with Crippen molar-refractivity contribution in [1.82, 2.24) is 10.6 Å². The van der Waals surface area contributed by atoms with Gasteiger partial charge in [0.15, 0.2) is 34.5 Å². The number of nitrogens with one attached hydrogen (secondary N) is 2. The number of Topliss-reactive ketones (excluding diaryl/α,β-unsaturated/α-hetero) is 2. The first-order chi connectivity index (χ1) is 37.8. The van der Waals surface area contributed by atoms with E-state index in [0.717, 1.165) is 64.7 Å². The molecule has 8 rings (SSSR count). The standard InChI is InChI=1S/C62H94F2N6O8S2.4ClH/c1-39-31-47-45-17-15-41-33-43(71)19-21-55(41,3)59(45,63)49(73)35-57(47,5)61(39,77)51(75)37-79-29-9-13-53(65)69-27-11-25-67-23-7-8-24-68-26-12-28-70-54(66)14-10-30-80-38-52(76)62(78)40(2)32-48-46-18-16-42-34-44(72)20-22-56(42,4)60(46,64)50(74)36-58(48,62)6;;;;/h19-22,33-34,39-40,45-50,67-68,73-74,77-78H,7-18,23-32,35-38H2,1-6H3,(H2,65,69)(H2,66,70);4*1H/t39-,40-,45+,46+,47+,48+,49+,50+,55+,56+,57+,58+,59+,60+,61+,62+;;;;/m1..../s1. The van der Waals surface area contributed by atoms with Gasteiger partial charge in [-0.1, -0.05) is 51.0 Å². The van der Waals surface area contributed by atoms with Gasteiger partial charge in [0, 0.05) is 59.4 Å². The topological polar surface area (TPSA) is 250 Å². The fourth-order valence-electron chi connectivity index (χ4n) is 17.3. The number of fused-ring (bicyclic) bond motifs is 10. The first-order valence-electron chi connectivity index (χ1n) is 30.1. The number of aliphatic hydroxyl groups excluding tert-OH is 2. The molecule has 0 bridgehead atoms. The average molecular weight is 1300 g/mol. The number of aliphatic hydroxyl groups is 4. The van der Waals surface area contributed by atoms with Crippen LogP contribution >= 0.6 is 73.2 Å². The maximum absolute atomic E-state index is 17.5. The number of rotatable bonds is 27. The third-order valence-corrected chi connectivity index (χ3v) is 23.9. The summed E-state index contributed by atoms with van der Waals surface area (Å²) in [6.45, 7) is 15.9. The molecule has 22 heteroatoms. The lowest BCUT2D eigenvalue weighted by molar-refractivity contribution is -0.218. The first-order valence-corrected chi connectivity index (χ1v) is 32.4. The molecule has 8 aliphatic carbocycles. The number of aliphatic imine (C=N–C) groups is 2. The molecule has 0 spiro atoms. The van der Waals surface area contributed by atoms with Crippen LogP contribution in [-0.4, -0.2) is 152 Å². The van der Waals surface area contributed by atoms with Gasteiger partial charge in [-0.25, -0.2) is 8.78 Å². The number of nitrogens with zero attached hydrogens (tertiary/aromatic N) is 2. The third kappa shape index (κ3) is 13.2. The summed E-state index contributed by atoms with van der Waals surface area (Å²) in [5, 5.41) is 54.8. The normalized spacial score (nSPS) is 39.1. The zero-order chi connectivity index (χ0) is 58.1. The number of hydrogen-bond donors (Lipinski definition) is 8. The summed E-state index contributed by atoms with van der Waals surface area (Å²) < 4.78 is 35.0. The molecular formula is C62H98Cl4F2N6O8S2. The Kier molecular flexibility index (Phi) is 26.4. The van der Waals surface area contributed by atoms with Gasteiger partial charge >= 0.3 is 0 Å². The fraction of sp³-hybridized carbons (Fsp3) is 0.774. The van der Waals surface area contributed by atoms with Crippen molar-refractivity contribution in [3.8, 4) is 0 Å². The minimum atomic E-state index is -2.00. The van der Waals surface area contributed by atoms with Crippen LogP contribution in [0, 0.1) is 57.2 Å². The van der Waals surface area contributed by atoms with Crippen molar-refractivity contribution in [3.63, 3.8) is 0 Å². The van der Waals surface area contributed by atoms with Crippen LogP contribution in [0.3, 0.4) is 0 Å². The fourth-order valence-corrected chi connectivity index (χ4v) is 19.1. The minimum Gasteiger partial charge on any atom is -0.390 e. The van der Waals surface area contributed by atoms with Crippen molar-refractivity contribution >= 4 is 108 Å². The van der Waals surface area contributed by atoms with Crippen LogP contribution in [0.5, 0.6) is 0 Å². The molecule has 84 heavy (non-hydrogen) atoms. The second kappa shape index (κ2) is 29.8. The summed E-state index contributed by atoms with van der Waals surface area (Å²) in [6, 6.07) is 0. The second-order valence-corrected chi connectivity index (χ2v) is 28.4. The Bertz CT molecular complexity index is 2380. The Labute approximate surface area is 531 Å². The molecule has 0 aromatic rings. The van der Waals surface area contributed by atoms with Gasteiger partial charge in [-0.05, 0) is 189 Å². The third-order valence-electron chi connectivity index (χ3n) is 21.8. The molecule has 0 radical (unpaired) electrons. The molecule has 0 saturated heterocycles. The quantitative estimate of drug-likeness (QED) is 0.0217. The number of alkyl halides is 2. The largest absolute Gasteiger partial charge is 0.390 e. The van der Waals surface area contributed by atoms with Crippen LogP contribution in [-0.2, 0) is 19.2 Å². The molecule has 8 aliphatic rings. The smallest absolute Gasteiger partial charge is 0.178 e. The Balaban J connectivity index is 0.00000378. The molecule has 478 valence electrons. The second-order valence-electron chi connectivity index (χ2n) is 26.2. The van der Waals surface area contributed by atoms with E-state index in [0.29, 0.717) is 98.8 Å². The van der Waals surface area contributed by atoms with Crippen molar-refractivity contribution < 1.29 is 48.4 Å². The number of nitrogens with two attached hydrogens (primary N) is 2. The van der Waals surface area contributed by atoms with Crippen molar-refractivity contribution in [1.29, 1.82) is 0 Å². The minimum absolute atomic E-state index is 0. The number of allylic oxidation sites excluding steroid dienone is 8. The van der Waals surface area contributed by atoms with Crippen LogP contribution in [0.4, 0.5) is 8.78 Å². The van der Waals surface area contributed by atoms with Crippen molar-refractivity contribution in [3.05, 3.63) is 47.6 Å². The molecule has 16 atom stereocenters. The van der Waals surface area contributed by atoms with E-state index in [1.165, 1.54) is 47.8 Å². The van der Waals surface area contributed by atoms with Gasteiger partial charge in [-0.15, -0.1) is 49.6 Å². The highest BCUT2D eigenvalue weighted by molar-refractivity contribution is 8.00. The molecule has 14 nitrogen and oxygen atoms in total. The van der Waals surface area contributed by atoms with Gasteiger partial charge in [-0.2, -0.15) is 23.5 Å². The van der Waals surface area contributed by atoms with Gasteiger partial charge in [0.2, 0.25) is 0 Å². The Morgan fingerprint density at radius 2 is 0.964 bits per heavy atom. The van der Waals surface area contributed by atoms with Crippen LogP contribution in [0.2, 0.25) is 0 Å². The van der Waals surface area contributed by atoms with Crippen molar-refractivity contribution in [2.24, 2.45) is 78.6 Å². The van der Waals surface area contributed by atoms with Crippen LogP contribution in [0.15, 0.2) is 57.6 Å². The van der Waals surface area contributed by atoms with E-state index < -0.39 is 68.2 Å². The molecule has 6 saturated carbocycles. The molecule has 0 aromatic heterocycles. The Morgan fingerprint density at radius 1 is 0.607 bits per heavy atom. The van der Waals surface area contributed by atoms with Crippen LogP contribution in [0.1, 0.15) is 144 Å². The number of halogens is 6. The Hall–Kier alpha value is -1.94. The Morgan fingerprint density at radius 3 is 1.33 bits per heavy atom. The molecule has 0 aliphatic heterocycles. The summed E-state index contributed by atoms with van der Waals surface area (Å²) in [5.41, 5.74) is 2.34. The number of unbranched alkanes of at least 4 members (excludes halogenated alkanes) is 1. The van der Waals surface area contributed by atoms with E-state index in [9.17, 15) is 39.6 Å². The lowest BCUT2D eigenvalue weighted by Gasteiger charge is -2.62. The predicted molar refractivity (Wildman–Crippen MR) is 345 cm³/mol. The summed E-state index contributed by atoms with van der Waals surface area (Å²) >= 11 is 2.94. The SMILES string of the molecule is C[C@@H]1C[C@H]2[C@@H]3CCC4=CC(=O)C=C[C@]4(C)[C@@]3(F)[C@@H](O)C[C@]2(C)[C@@]1(O)C(=O)CSCCCC(N)=NCCCNCCCCNCCCN=C(N)CCCSCC(=O)[C@@]1(O)[C@H](C)C[C@H]2[C@@H]3CCC4=CC(=O)C=C[C@]4(C)[C@@]3(F)[C@@H](O)C[C@@]21C.Cl.Cl.Cl.Cl. The molecular weight excluding hydrogens is 1200 g/mol. The zero-order valence-electron chi connectivity index (χ0n) is 50.1. The van der Waals surface area contributed by atoms with Gasteiger partial charge < -0.3 is 42.5 Å². The van der Waals surface area contributed by atoms with E-state index in [1.807, 2.05) is 27.7 Å². The highest BCUT2D eigenvalue weighted by Gasteiger charge is 2.77. The highest BCUT2D eigenvalue weighted by atomic mass is 35.5. The number of carbonyl (C=O) groups is 4. The first kappa shape index (κ1) is 74.5. The molecule has 0 amide bonds. The average Bonchev–Trinajstić information content (AvgIpc) is 1.77. The lowest BCUT2D eigenvalue weighted by Crippen LogP contribution is -2.69. The van der Waals surface area contributed by atoms with Crippen LogP contribution < -0.4 is 22.1 Å². The van der Waals surface area contributed by atoms with E-state index in [-0.39, 0.29) is 121 Å². The van der Waals surface area contributed by atoms with E-state index in [2.05, 4.69) is 20.6 Å². The van der Waals surface area contributed by atoms with Gasteiger partial charge in [0.05, 0.1) is 35.4 Å². The van der Waals surface area contributed by atoms with Gasteiger partial charge in [0.25, 0.3) is 0 Å². The number of amidine groups is 2. The monoisotopic (exact) mass is 1300 g/mol. The summed E-state index contributed by atoms with van der Waals surface area (Å²) in [6.07, 6.45) is 15.9. The summed E-state index contributed by atoms with van der Waals surface area (Å²) in [4.78, 5) is 61.3. The van der Waals surface area contributed by atoms with Gasteiger partial charge in [-0.3, -0.25) is 29.2 Å². The predicted octanol–water partition coefficient (Wildman–Crippen LogP) is 8.99. The van der Waals surface area contributed by atoms with E-state index in [1.54, 1.807) is 26.0 Å². The maximum atomic E-state index is 17.5. The molecule has 0 heterocycles. The van der Waals surface area contributed by atoms with Gasteiger partial charge in [0.1, 0.15) is 11.2 Å². The number of ketones is 4. The zero-order valence-corrected chi connectivity index (χ0v) is 55.0. The molecule has 6 fully saturated rings.